The predicted molar refractivity (Wildman–Crippen MR) is 215 cm³/mol. The lowest BCUT2D eigenvalue weighted by Crippen LogP contribution is -2.59. The van der Waals surface area contributed by atoms with Crippen molar-refractivity contribution in [2.45, 2.75) is 126 Å². The molecule has 334 valence electrons. The SMILES string of the molecule is COc1ccc2c(O[C@@H]3C[C@H]4C(=O)N[C@]5(C(=O)NS(=O)(=O)C6(CF)CC6)C[C@H]5/C=C\CC[C@H](C)C[C@@H](C)[C@H](NC(=O)OC(C)(C)C(F)F)C(=O)N4C3)nc3c(c2c1)CCCO3. The Morgan fingerprint density at radius 1 is 1.15 bits per heavy atom. The molecule has 15 nitrogen and oxygen atoms in total. The largest absolute Gasteiger partial charge is 0.497 e. The first-order valence-corrected chi connectivity index (χ1v) is 22.3. The van der Waals surface area contributed by atoms with Crippen LogP contribution in [0.25, 0.3) is 10.8 Å². The number of carbonyl (C=O) groups excluding carboxylic acids is 4. The number of ether oxygens (including phenoxy) is 4. The highest BCUT2D eigenvalue weighted by atomic mass is 32.2. The number of hydrogen-bond acceptors (Lipinski definition) is 11. The van der Waals surface area contributed by atoms with Crippen LogP contribution in [-0.4, -0.2) is 110 Å². The number of alkyl carbamates (subject to hydrolysis) is 1. The van der Waals surface area contributed by atoms with E-state index in [1.165, 1.54) is 4.90 Å². The fourth-order valence-electron chi connectivity index (χ4n) is 8.64. The molecule has 19 heteroatoms. The van der Waals surface area contributed by atoms with Crippen molar-refractivity contribution in [3.05, 3.63) is 35.9 Å². The fourth-order valence-corrected chi connectivity index (χ4v) is 10.1. The van der Waals surface area contributed by atoms with Gasteiger partial charge in [-0.1, -0.05) is 26.0 Å². The molecule has 3 fully saturated rings. The molecule has 1 saturated heterocycles. The smallest absolute Gasteiger partial charge is 0.408 e. The first-order chi connectivity index (χ1) is 28.8. The topological polar surface area (TPSA) is 192 Å². The van der Waals surface area contributed by atoms with Gasteiger partial charge < -0.3 is 34.5 Å². The van der Waals surface area contributed by atoms with Crippen molar-refractivity contribution in [3.8, 4) is 17.5 Å². The number of carbonyl (C=O) groups is 4. The molecule has 1 aromatic carbocycles. The molecule has 0 spiro atoms. The average Bonchev–Trinajstić information content (AvgIpc) is 4.12. The summed E-state index contributed by atoms with van der Waals surface area (Å²) in [5.74, 6) is -2.62. The lowest BCUT2D eigenvalue weighted by molar-refractivity contribution is -0.142. The Hall–Kier alpha value is -4.81. The van der Waals surface area contributed by atoms with E-state index in [9.17, 15) is 40.8 Å². The maximum absolute atomic E-state index is 14.9. The van der Waals surface area contributed by atoms with E-state index >= 15 is 0 Å². The van der Waals surface area contributed by atoms with Crippen LogP contribution in [0.3, 0.4) is 0 Å². The number of aryl methyl sites for hydroxylation is 1. The quantitative estimate of drug-likeness (QED) is 0.276. The lowest BCUT2D eigenvalue weighted by Gasteiger charge is -2.33. The van der Waals surface area contributed by atoms with Gasteiger partial charge in [0.05, 0.1) is 20.3 Å². The minimum Gasteiger partial charge on any atom is -0.497 e. The molecule has 1 aromatic heterocycles. The van der Waals surface area contributed by atoms with Gasteiger partial charge in [0, 0.05) is 23.3 Å². The summed E-state index contributed by atoms with van der Waals surface area (Å²) >= 11 is 0. The number of hydrogen-bond donors (Lipinski definition) is 3. The molecule has 3 N–H and O–H groups in total. The van der Waals surface area contributed by atoms with Gasteiger partial charge in [-0.25, -0.2) is 26.4 Å². The number of alkyl halides is 3. The van der Waals surface area contributed by atoms with Crippen molar-refractivity contribution in [3.63, 3.8) is 0 Å². The van der Waals surface area contributed by atoms with Crippen LogP contribution >= 0.6 is 0 Å². The zero-order valence-electron chi connectivity index (χ0n) is 34.9. The zero-order valence-corrected chi connectivity index (χ0v) is 35.7. The van der Waals surface area contributed by atoms with Gasteiger partial charge in [-0.3, -0.25) is 19.1 Å². The Morgan fingerprint density at radius 2 is 1.90 bits per heavy atom. The van der Waals surface area contributed by atoms with E-state index < -0.39 is 92.8 Å². The van der Waals surface area contributed by atoms with Crippen LogP contribution in [0.15, 0.2) is 30.4 Å². The number of methoxy groups -OCH3 is 1. The number of allylic oxidation sites excluding steroid dienone is 1. The number of aromatic nitrogens is 1. The summed E-state index contributed by atoms with van der Waals surface area (Å²) in [4.78, 5) is 62.7. The summed E-state index contributed by atoms with van der Waals surface area (Å²) in [7, 11) is -2.90. The minimum atomic E-state index is -4.45. The molecule has 4 heterocycles. The monoisotopic (exact) mass is 877 g/mol. The molecule has 7 rings (SSSR count). The van der Waals surface area contributed by atoms with Gasteiger partial charge >= 0.3 is 6.09 Å². The maximum atomic E-state index is 14.9. The first kappa shape index (κ1) is 44.3. The van der Waals surface area contributed by atoms with E-state index in [-0.39, 0.29) is 44.0 Å². The second kappa shape index (κ2) is 16.8. The van der Waals surface area contributed by atoms with E-state index in [4.69, 9.17) is 23.9 Å². The number of benzene rings is 1. The van der Waals surface area contributed by atoms with E-state index in [2.05, 4.69) is 15.4 Å². The molecular weight excluding hydrogens is 824 g/mol. The number of amides is 4. The van der Waals surface area contributed by atoms with Gasteiger partial charge in [-0.05, 0) is 101 Å². The van der Waals surface area contributed by atoms with Crippen molar-refractivity contribution in [1.29, 1.82) is 0 Å². The molecule has 0 radical (unpaired) electrons. The number of sulfonamides is 1. The molecule has 61 heavy (non-hydrogen) atoms. The molecule has 3 aliphatic heterocycles. The van der Waals surface area contributed by atoms with Gasteiger partial charge in [-0.2, -0.15) is 4.98 Å². The van der Waals surface area contributed by atoms with Crippen molar-refractivity contribution < 1.29 is 59.7 Å². The van der Waals surface area contributed by atoms with Crippen LogP contribution in [-0.2, 0) is 35.6 Å². The normalized spacial score (nSPS) is 29.4. The lowest BCUT2D eigenvalue weighted by atomic mass is 9.88. The van der Waals surface area contributed by atoms with E-state index in [1.54, 1.807) is 32.2 Å². The molecule has 2 saturated carbocycles. The fraction of sp³-hybridized carbons (Fsp3) is 0.643. The van der Waals surface area contributed by atoms with Crippen molar-refractivity contribution in [2.75, 3.05) is 26.9 Å². The maximum Gasteiger partial charge on any atom is 0.408 e. The predicted octanol–water partition coefficient (Wildman–Crippen LogP) is 4.89. The molecule has 4 amide bonds. The Bertz CT molecular complexity index is 2200. The van der Waals surface area contributed by atoms with E-state index in [0.29, 0.717) is 49.3 Å². The van der Waals surface area contributed by atoms with Gasteiger partial charge in [0.25, 0.3) is 12.3 Å². The number of nitrogens with zero attached hydrogens (tertiary/aromatic N) is 2. The summed E-state index contributed by atoms with van der Waals surface area (Å²) < 4.78 is 91.3. The van der Waals surface area contributed by atoms with Crippen LogP contribution in [0.4, 0.5) is 18.0 Å². The minimum absolute atomic E-state index is 0.0161. The van der Waals surface area contributed by atoms with Crippen molar-refractivity contribution >= 4 is 44.6 Å². The van der Waals surface area contributed by atoms with Crippen molar-refractivity contribution in [1.82, 2.24) is 25.2 Å². The number of halogens is 3. The van der Waals surface area contributed by atoms with Crippen LogP contribution in [0.1, 0.15) is 84.6 Å². The molecule has 2 aromatic rings. The Morgan fingerprint density at radius 3 is 2.59 bits per heavy atom. The Balaban J connectivity index is 1.25. The number of nitrogens with one attached hydrogen (secondary N) is 3. The summed E-state index contributed by atoms with van der Waals surface area (Å²) in [5, 5.41) is 6.71. The third-order valence-electron chi connectivity index (χ3n) is 12.8. The van der Waals surface area contributed by atoms with Gasteiger partial charge in [0.1, 0.15) is 40.9 Å². The average molecular weight is 878 g/mol. The molecule has 2 aliphatic carbocycles. The first-order valence-electron chi connectivity index (χ1n) is 20.8. The van der Waals surface area contributed by atoms with Crippen LogP contribution in [0, 0.1) is 17.8 Å². The molecule has 7 atom stereocenters. The highest BCUT2D eigenvalue weighted by Crippen LogP contribution is 2.48. The number of fused-ring (bicyclic) bond motifs is 5. The summed E-state index contributed by atoms with van der Waals surface area (Å²) in [5.41, 5.74) is -3.05. The zero-order chi connectivity index (χ0) is 44.1. The Kier molecular flexibility index (Phi) is 12.2. The molecule has 0 unspecified atom stereocenters. The van der Waals surface area contributed by atoms with Crippen LogP contribution in [0.2, 0.25) is 0 Å². The third-order valence-corrected chi connectivity index (χ3v) is 14.9. The summed E-state index contributed by atoms with van der Waals surface area (Å²) in [6.07, 6.45) is 1.45. The molecular formula is C42H54F3N5O10S. The van der Waals surface area contributed by atoms with E-state index in [0.717, 1.165) is 31.2 Å². The van der Waals surface area contributed by atoms with Crippen LogP contribution < -0.4 is 29.6 Å². The summed E-state index contributed by atoms with van der Waals surface area (Å²) in [6.45, 7) is 4.84. The number of pyridine rings is 1. The second-order valence-electron chi connectivity index (χ2n) is 17.8. The highest BCUT2D eigenvalue weighted by Gasteiger charge is 2.64. The molecule has 5 aliphatic rings. The van der Waals surface area contributed by atoms with Gasteiger partial charge in [0.2, 0.25) is 33.6 Å². The van der Waals surface area contributed by atoms with Crippen molar-refractivity contribution in [2.24, 2.45) is 17.8 Å². The Labute approximate surface area is 352 Å². The molecule has 0 bridgehead atoms. The van der Waals surface area contributed by atoms with E-state index in [1.807, 2.05) is 19.1 Å². The highest BCUT2D eigenvalue weighted by molar-refractivity contribution is 7.91. The number of rotatable bonds is 10. The standard InChI is InChI=1S/C42H54F3N5O10S/c1-23-9-6-7-10-25-20-42(25,38(53)49-61(55,56)41(22-43)14-15-41)48-33(51)31-19-27(21-50(31)36(52)32(24(2)17-23)46-39(54)60-40(3,4)37(44)45)59-35-29-13-12-26(57-5)18-30(29)28-11-8-16-58-34(28)47-35/h7,10,12-13,18,23-25,27,31-32,37H,6,8-9,11,14-17,19-22H2,1-5H3,(H,46,54)(H,48,51)(H,49,53)/b10-7-/t23-,24+,25+,27+,31-,32-,42+/m0/s1. The second-order valence-corrected chi connectivity index (χ2v) is 19.9. The van der Waals surface area contributed by atoms with Gasteiger partial charge in [0.15, 0.2) is 5.60 Å². The summed E-state index contributed by atoms with van der Waals surface area (Å²) in [6, 6.07) is 2.70. The van der Waals surface area contributed by atoms with Crippen LogP contribution in [0.5, 0.6) is 17.5 Å². The van der Waals surface area contributed by atoms with Gasteiger partial charge in [-0.15, -0.1) is 0 Å². The third kappa shape index (κ3) is 8.80.